The fourth-order valence-corrected chi connectivity index (χ4v) is 5.01. The van der Waals surface area contributed by atoms with Gasteiger partial charge in [-0.1, -0.05) is 18.6 Å². The lowest BCUT2D eigenvalue weighted by atomic mass is 10.0. The maximum absolute atomic E-state index is 12.6. The van der Waals surface area contributed by atoms with E-state index in [4.69, 9.17) is 0 Å². The molecule has 0 spiro atoms. The third-order valence-corrected chi connectivity index (χ3v) is 6.54. The number of hydrogen-bond acceptors (Lipinski definition) is 3. The number of rotatable bonds is 3. The second-order valence-corrected chi connectivity index (χ2v) is 7.96. The Hall–Kier alpha value is -0.910. The van der Waals surface area contributed by atoms with E-state index >= 15 is 0 Å². The molecule has 1 heterocycles. The van der Waals surface area contributed by atoms with Crippen LogP contribution in [0, 0.1) is 11.8 Å². The Bertz CT molecular complexity index is 568. The number of sulfonamides is 1. The van der Waals surface area contributed by atoms with Crippen molar-refractivity contribution in [3.05, 3.63) is 29.8 Å². The average Bonchev–Trinajstić information content (AvgIpc) is 2.99. The van der Waals surface area contributed by atoms with E-state index in [0.717, 1.165) is 18.4 Å². The summed E-state index contributed by atoms with van der Waals surface area (Å²) < 4.78 is 26.9. The molecule has 1 aromatic carbocycles. The molecule has 0 radical (unpaired) electrons. The molecule has 5 heteroatoms. The number of aliphatic hydroxyl groups excluding tert-OH is 1. The van der Waals surface area contributed by atoms with Crippen LogP contribution in [0.25, 0.3) is 0 Å². The largest absolute Gasteiger partial charge is 0.389 e. The minimum atomic E-state index is -3.37. The molecule has 3 atom stereocenters. The lowest BCUT2D eigenvalue weighted by Crippen LogP contribution is -2.29. The van der Waals surface area contributed by atoms with E-state index in [2.05, 4.69) is 0 Å². The maximum Gasteiger partial charge on any atom is 0.243 e. The lowest BCUT2D eigenvalue weighted by Gasteiger charge is -2.17. The average molecular weight is 295 g/mol. The molecule has 3 rings (SSSR count). The van der Waals surface area contributed by atoms with Crippen molar-refractivity contribution in [1.29, 1.82) is 0 Å². The highest BCUT2D eigenvalue weighted by atomic mass is 32.2. The Morgan fingerprint density at radius 3 is 2.20 bits per heavy atom. The van der Waals surface area contributed by atoms with Crippen LogP contribution >= 0.6 is 0 Å². The summed E-state index contributed by atoms with van der Waals surface area (Å²) in [5, 5.41) is 9.48. The maximum atomic E-state index is 12.6. The molecule has 0 aromatic heterocycles. The second kappa shape index (κ2) is 5.13. The lowest BCUT2D eigenvalue weighted by molar-refractivity contribution is 0.199. The molecule has 1 saturated heterocycles. The van der Waals surface area contributed by atoms with Crippen molar-refractivity contribution >= 4 is 10.0 Å². The Balaban J connectivity index is 1.81. The first kappa shape index (κ1) is 14.0. The normalized spacial score (nSPS) is 28.5. The predicted molar refractivity (Wildman–Crippen MR) is 76.7 cm³/mol. The molecule has 4 nitrogen and oxygen atoms in total. The van der Waals surface area contributed by atoms with Gasteiger partial charge in [-0.2, -0.15) is 4.31 Å². The van der Waals surface area contributed by atoms with Gasteiger partial charge in [0.1, 0.15) is 0 Å². The monoisotopic (exact) mass is 295 g/mol. The summed E-state index contributed by atoms with van der Waals surface area (Å²) in [4.78, 5) is 0.335. The third-order valence-electron chi connectivity index (χ3n) is 4.69. The molecule has 1 N–H and O–H groups in total. The zero-order valence-corrected chi connectivity index (χ0v) is 12.5. The van der Waals surface area contributed by atoms with Crippen LogP contribution < -0.4 is 0 Å². The van der Waals surface area contributed by atoms with Gasteiger partial charge in [0.25, 0.3) is 0 Å². The van der Waals surface area contributed by atoms with E-state index in [9.17, 15) is 13.5 Å². The van der Waals surface area contributed by atoms with Crippen molar-refractivity contribution < 1.29 is 13.5 Å². The molecular weight excluding hydrogens is 274 g/mol. The SMILES string of the molecule is CC(O)c1ccc(S(=O)(=O)N2CC3CCCC3C2)cc1. The van der Waals surface area contributed by atoms with Crippen molar-refractivity contribution in [1.82, 2.24) is 4.31 Å². The van der Waals surface area contributed by atoms with E-state index in [1.807, 2.05) is 0 Å². The smallest absolute Gasteiger partial charge is 0.243 e. The second-order valence-electron chi connectivity index (χ2n) is 6.02. The van der Waals surface area contributed by atoms with Gasteiger partial charge < -0.3 is 5.11 Å². The highest BCUT2D eigenvalue weighted by Gasteiger charge is 2.41. The summed E-state index contributed by atoms with van der Waals surface area (Å²) in [6.45, 7) is 3.02. The van der Waals surface area contributed by atoms with Crippen LogP contribution in [0.1, 0.15) is 37.9 Å². The summed E-state index contributed by atoms with van der Waals surface area (Å²) in [5.41, 5.74) is 0.738. The molecule has 1 aliphatic carbocycles. The molecule has 2 fully saturated rings. The minimum absolute atomic E-state index is 0.335. The molecule has 0 amide bonds. The number of nitrogens with zero attached hydrogens (tertiary/aromatic N) is 1. The van der Waals surface area contributed by atoms with Gasteiger partial charge in [0, 0.05) is 13.1 Å². The van der Waals surface area contributed by atoms with Crippen molar-refractivity contribution in [3.63, 3.8) is 0 Å². The fourth-order valence-electron chi connectivity index (χ4n) is 3.46. The van der Waals surface area contributed by atoms with Gasteiger partial charge in [-0.25, -0.2) is 8.42 Å². The first-order valence-electron chi connectivity index (χ1n) is 7.26. The summed E-state index contributed by atoms with van der Waals surface area (Å²) in [5.74, 6) is 1.11. The van der Waals surface area contributed by atoms with Gasteiger partial charge in [-0.15, -0.1) is 0 Å². The van der Waals surface area contributed by atoms with Gasteiger partial charge in [-0.05, 0) is 49.3 Å². The van der Waals surface area contributed by atoms with Gasteiger partial charge in [0.05, 0.1) is 11.0 Å². The Labute approximate surface area is 120 Å². The minimum Gasteiger partial charge on any atom is -0.389 e. The molecule has 3 unspecified atom stereocenters. The van der Waals surface area contributed by atoms with Gasteiger partial charge in [-0.3, -0.25) is 0 Å². The summed E-state index contributed by atoms with van der Waals surface area (Å²) >= 11 is 0. The van der Waals surface area contributed by atoms with Gasteiger partial charge in [0.2, 0.25) is 10.0 Å². The Kier molecular flexibility index (Phi) is 3.60. The van der Waals surface area contributed by atoms with Crippen LogP contribution in [0.5, 0.6) is 0 Å². The number of benzene rings is 1. The fraction of sp³-hybridized carbons (Fsp3) is 0.600. The van der Waals surface area contributed by atoms with E-state index in [-0.39, 0.29) is 0 Å². The van der Waals surface area contributed by atoms with Gasteiger partial charge in [0.15, 0.2) is 0 Å². The summed E-state index contributed by atoms with van der Waals surface area (Å²) in [6.07, 6.45) is 3.00. The predicted octanol–water partition coefficient (Wildman–Crippen LogP) is 2.16. The van der Waals surface area contributed by atoms with Crippen molar-refractivity contribution in [2.45, 2.75) is 37.2 Å². The van der Waals surface area contributed by atoms with E-state index in [1.165, 1.54) is 6.42 Å². The highest BCUT2D eigenvalue weighted by molar-refractivity contribution is 7.89. The quantitative estimate of drug-likeness (QED) is 0.929. The van der Waals surface area contributed by atoms with E-state index in [1.54, 1.807) is 35.5 Å². The highest BCUT2D eigenvalue weighted by Crippen LogP contribution is 2.39. The van der Waals surface area contributed by atoms with Crippen LogP contribution in [0.2, 0.25) is 0 Å². The number of fused-ring (bicyclic) bond motifs is 1. The van der Waals surface area contributed by atoms with Crippen LogP contribution in [0.15, 0.2) is 29.2 Å². The molecule has 2 aliphatic rings. The molecule has 1 aliphatic heterocycles. The molecule has 110 valence electrons. The molecule has 0 bridgehead atoms. The number of aliphatic hydroxyl groups is 1. The zero-order chi connectivity index (χ0) is 14.3. The van der Waals surface area contributed by atoms with Crippen molar-refractivity contribution in [2.75, 3.05) is 13.1 Å². The van der Waals surface area contributed by atoms with Crippen LogP contribution in [-0.2, 0) is 10.0 Å². The summed E-state index contributed by atoms with van der Waals surface area (Å²) in [7, 11) is -3.37. The molecule has 1 saturated carbocycles. The van der Waals surface area contributed by atoms with Gasteiger partial charge >= 0.3 is 0 Å². The molecular formula is C15H21NO3S. The standard InChI is InChI=1S/C15H21NO3S/c1-11(17)12-5-7-15(8-6-12)20(18,19)16-9-13-3-2-4-14(13)10-16/h5-8,11,13-14,17H,2-4,9-10H2,1H3. The van der Waals surface area contributed by atoms with Crippen LogP contribution in [0.4, 0.5) is 0 Å². The number of hydrogen-bond donors (Lipinski definition) is 1. The van der Waals surface area contributed by atoms with E-state index in [0.29, 0.717) is 29.8 Å². The summed E-state index contributed by atoms with van der Waals surface area (Å²) in [6, 6.07) is 6.58. The first-order valence-corrected chi connectivity index (χ1v) is 8.70. The Morgan fingerprint density at radius 2 is 1.70 bits per heavy atom. The Morgan fingerprint density at radius 1 is 1.15 bits per heavy atom. The van der Waals surface area contributed by atoms with Crippen LogP contribution in [-0.4, -0.2) is 30.9 Å². The zero-order valence-electron chi connectivity index (χ0n) is 11.7. The van der Waals surface area contributed by atoms with Crippen LogP contribution in [0.3, 0.4) is 0 Å². The van der Waals surface area contributed by atoms with Crippen molar-refractivity contribution in [2.24, 2.45) is 11.8 Å². The molecule has 1 aromatic rings. The third kappa shape index (κ3) is 2.38. The molecule has 20 heavy (non-hydrogen) atoms. The van der Waals surface area contributed by atoms with Crippen molar-refractivity contribution in [3.8, 4) is 0 Å². The van der Waals surface area contributed by atoms with E-state index < -0.39 is 16.1 Å². The first-order chi connectivity index (χ1) is 9.48. The topological polar surface area (TPSA) is 57.6 Å².